The molecule has 0 radical (unpaired) electrons. The largest absolute Gasteiger partial charge is 0.352 e. The summed E-state index contributed by atoms with van der Waals surface area (Å²) >= 11 is 0. The Labute approximate surface area is 127 Å². The van der Waals surface area contributed by atoms with Gasteiger partial charge in [-0.05, 0) is 29.8 Å². The van der Waals surface area contributed by atoms with Gasteiger partial charge in [-0.15, -0.1) is 0 Å². The third kappa shape index (κ3) is 5.11. The lowest BCUT2D eigenvalue weighted by Crippen LogP contribution is -2.26. The van der Waals surface area contributed by atoms with E-state index in [4.69, 9.17) is 0 Å². The van der Waals surface area contributed by atoms with Crippen LogP contribution < -0.4 is 5.32 Å². The number of nitrogens with zero attached hydrogens (tertiary/aromatic N) is 1. The molecule has 1 unspecified atom stereocenters. The summed E-state index contributed by atoms with van der Waals surface area (Å²) in [5.74, 6) is 0.351. The molecular formula is C16H18N2O2S. The second-order valence-electron chi connectivity index (χ2n) is 4.74. The SMILES string of the molecule is CS(=O)Cc1cccc(C(=O)NCCc2ccccn2)c1. The maximum atomic E-state index is 12.1. The maximum absolute atomic E-state index is 12.1. The number of amides is 1. The molecule has 1 amide bonds. The lowest BCUT2D eigenvalue weighted by molar-refractivity contribution is 0.0954. The molecular weight excluding hydrogens is 284 g/mol. The molecule has 110 valence electrons. The van der Waals surface area contributed by atoms with Gasteiger partial charge >= 0.3 is 0 Å². The van der Waals surface area contributed by atoms with Crippen molar-refractivity contribution in [3.63, 3.8) is 0 Å². The average molecular weight is 302 g/mol. The highest BCUT2D eigenvalue weighted by Gasteiger charge is 2.06. The van der Waals surface area contributed by atoms with Crippen LogP contribution in [0.15, 0.2) is 48.7 Å². The Hall–Kier alpha value is -2.01. The van der Waals surface area contributed by atoms with Gasteiger partial charge in [0.2, 0.25) is 0 Å². The second-order valence-corrected chi connectivity index (χ2v) is 6.18. The van der Waals surface area contributed by atoms with Crippen LogP contribution in [0, 0.1) is 0 Å². The topological polar surface area (TPSA) is 59.1 Å². The Balaban J connectivity index is 1.89. The minimum absolute atomic E-state index is 0.116. The van der Waals surface area contributed by atoms with Crippen LogP contribution in [-0.4, -0.2) is 27.9 Å². The van der Waals surface area contributed by atoms with Crippen LogP contribution in [0.1, 0.15) is 21.6 Å². The number of rotatable bonds is 6. The average Bonchev–Trinajstić information content (AvgIpc) is 2.48. The van der Waals surface area contributed by atoms with E-state index >= 15 is 0 Å². The normalized spacial score (nSPS) is 11.9. The zero-order valence-corrected chi connectivity index (χ0v) is 12.7. The summed E-state index contributed by atoms with van der Waals surface area (Å²) in [4.78, 5) is 16.3. The monoisotopic (exact) mass is 302 g/mol. The van der Waals surface area contributed by atoms with Crippen LogP contribution in [0.5, 0.6) is 0 Å². The second kappa shape index (κ2) is 7.69. The lowest BCUT2D eigenvalue weighted by atomic mass is 10.1. The molecule has 0 spiro atoms. The predicted molar refractivity (Wildman–Crippen MR) is 84.5 cm³/mol. The molecule has 0 saturated carbocycles. The third-order valence-corrected chi connectivity index (χ3v) is 3.69. The summed E-state index contributed by atoms with van der Waals surface area (Å²) in [6.07, 6.45) is 4.09. The molecule has 1 heterocycles. The molecule has 0 aliphatic carbocycles. The highest BCUT2D eigenvalue weighted by atomic mass is 32.2. The van der Waals surface area contributed by atoms with Crippen LogP contribution in [0.25, 0.3) is 0 Å². The van der Waals surface area contributed by atoms with Crippen molar-refractivity contribution >= 4 is 16.7 Å². The van der Waals surface area contributed by atoms with Crippen molar-refractivity contribution in [2.75, 3.05) is 12.8 Å². The Kier molecular flexibility index (Phi) is 5.63. The zero-order valence-electron chi connectivity index (χ0n) is 11.9. The van der Waals surface area contributed by atoms with E-state index in [1.807, 2.05) is 30.3 Å². The van der Waals surface area contributed by atoms with Gasteiger partial charge in [-0.25, -0.2) is 0 Å². The number of carbonyl (C=O) groups is 1. The molecule has 0 saturated heterocycles. The Morgan fingerprint density at radius 2 is 2.10 bits per heavy atom. The van der Waals surface area contributed by atoms with Gasteiger partial charge in [-0.2, -0.15) is 0 Å². The first kappa shape index (κ1) is 15.4. The number of aromatic nitrogens is 1. The summed E-state index contributed by atoms with van der Waals surface area (Å²) in [6.45, 7) is 0.541. The van der Waals surface area contributed by atoms with Crippen molar-refractivity contribution in [2.45, 2.75) is 12.2 Å². The van der Waals surface area contributed by atoms with E-state index in [1.165, 1.54) is 0 Å². The van der Waals surface area contributed by atoms with Crippen molar-refractivity contribution in [3.8, 4) is 0 Å². The predicted octanol–water partition coefficient (Wildman–Crippen LogP) is 1.93. The van der Waals surface area contributed by atoms with E-state index in [2.05, 4.69) is 10.3 Å². The molecule has 0 fully saturated rings. The number of carbonyl (C=O) groups excluding carboxylic acids is 1. The van der Waals surface area contributed by atoms with Gasteiger partial charge in [0.15, 0.2) is 0 Å². The molecule has 0 bridgehead atoms. The molecule has 2 aromatic rings. The van der Waals surface area contributed by atoms with Crippen LogP contribution in [-0.2, 0) is 23.0 Å². The fraction of sp³-hybridized carbons (Fsp3) is 0.250. The smallest absolute Gasteiger partial charge is 0.251 e. The van der Waals surface area contributed by atoms with E-state index in [0.717, 1.165) is 11.3 Å². The van der Waals surface area contributed by atoms with Gasteiger partial charge in [0.1, 0.15) is 0 Å². The molecule has 4 nitrogen and oxygen atoms in total. The Morgan fingerprint density at radius 3 is 2.81 bits per heavy atom. The van der Waals surface area contributed by atoms with E-state index in [1.54, 1.807) is 24.6 Å². The molecule has 1 aromatic heterocycles. The highest BCUT2D eigenvalue weighted by Crippen LogP contribution is 2.07. The quantitative estimate of drug-likeness (QED) is 0.887. The first-order valence-electron chi connectivity index (χ1n) is 6.72. The first-order valence-corrected chi connectivity index (χ1v) is 8.45. The molecule has 21 heavy (non-hydrogen) atoms. The van der Waals surface area contributed by atoms with Crippen molar-refractivity contribution < 1.29 is 9.00 Å². The highest BCUT2D eigenvalue weighted by molar-refractivity contribution is 7.83. The minimum Gasteiger partial charge on any atom is -0.352 e. The van der Waals surface area contributed by atoms with Crippen molar-refractivity contribution in [1.29, 1.82) is 0 Å². The third-order valence-electron chi connectivity index (χ3n) is 2.95. The van der Waals surface area contributed by atoms with Gasteiger partial charge in [0.05, 0.1) is 0 Å². The molecule has 5 heteroatoms. The van der Waals surface area contributed by atoms with Gasteiger partial charge in [0.25, 0.3) is 5.91 Å². The fourth-order valence-electron chi connectivity index (χ4n) is 1.99. The van der Waals surface area contributed by atoms with Gasteiger partial charge in [-0.3, -0.25) is 14.0 Å². The summed E-state index contributed by atoms with van der Waals surface area (Å²) in [5.41, 5.74) is 2.46. The van der Waals surface area contributed by atoms with Crippen LogP contribution in [0.4, 0.5) is 0 Å². The van der Waals surface area contributed by atoms with Crippen molar-refractivity contribution in [2.24, 2.45) is 0 Å². The Morgan fingerprint density at radius 1 is 1.24 bits per heavy atom. The number of hydrogen-bond acceptors (Lipinski definition) is 3. The molecule has 1 N–H and O–H groups in total. The van der Waals surface area contributed by atoms with E-state index in [-0.39, 0.29) is 5.91 Å². The zero-order chi connectivity index (χ0) is 15.1. The number of hydrogen-bond donors (Lipinski definition) is 1. The minimum atomic E-state index is -0.908. The number of pyridine rings is 1. The first-order chi connectivity index (χ1) is 10.1. The summed E-state index contributed by atoms with van der Waals surface area (Å²) < 4.78 is 11.2. The summed E-state index contributed by atoms with van der Waals surface area (Å²) in [5, 5.41) is 2.87. The summed E-state index contributed by atoms with van der Waals surface area (Å²) in [6, 6.07) is 13.0. The summed E-state index contributed by atoms with van der Waals surface area (Å²) in [7, 11) is -0.908. The molecule has 1 aromatic carbocycles. The molecule has 1 atom stereocenters. The maximum Gasteiger partial charge on any atom is 0.251 e. The Bertz CT molecular complexity index is 629. The van der Waals surface area contributed by atoms with E-state index in [9.17, 15) is 9.00 Å². The molecule has 0 aliphatic heterocycles. The van der Waals surface area contributed by atoms with Crippen molar-refractivity contribution in [1.82, 2.24) is 10.3 Å². The van der Waals surface area contributed by atoms with Gasteiger partial charge in [0, 0.05) is 53.2 Å². The van der Waals surface area contributed by atoms with Gasteiger partial charge in [-0.1, -0.05) is 18.2 Å². The number of nitrogens with one attached hydrogen (secondary N) is 1. The van der Waals surface area contributed by atoms with E-state index in [0.29, 0.717) is 24.3 Å². The van der Waals surface area contributed by atoms with Crippen molar-refractivity contribution in [3.05, 3.63) is 65.5 Å². The molecule has 0 aliphatic rings. The number of benzene rings is 1. The lowest BCUT2D eigenvalue weighted by Gasteiger charge is -2.06. The van der Waals surface area contributed by atoms with E-state index < -0.39 is 10.8 Å². The standard InChI is InChI=1S/C16H18N2O2S/c1-21(20)12-13-5-4-6-14(11-13)16(19)18-10-8-15-7-2-3-9-17-15/h2-7,9,11H,8,10,12H2,1H3,(H,18,19). The van der Waals surface area contributed by atoms with Crippen LogP contribution in [0.2, 0.25) is 0 Å². The molecule has 2 rings (SSSR count). The van der Waals surface area contributed by atoms with Crippen LogP contribution >= 0.6 is 0 Å². The van der Waals surface area contributed by atoms with Crippen LogP contribution in [0.3, 0.4) is 0 Å². The van der Waals surface area contributed by atoms with Gasteiger partial charge < -0.3 is 5.32 Å². The fourth-order valence-corrected chi connectivity index (χ4v) is 2.64.